The molecule has 8 rings (SSSR count). The second-order valence-electron chi connectivity index (χ2n) is 7.58. The van der Waals surface area contributed by atoms with Crippen molar-refractivity contribution in [3.8, 4) is 0 Å². The molecule has 0 aromatic heterocycles. The van der Waals surface area contributed by atoms with E-state index in [2.05, 4.69) is 0 Å². The van der Waals surface area contributed by atoms with Crippen molar-refractivity contribution in [2.45, 2.75) is 44.4 Å². The second-order valence-corrected chi connectivity index (χ2v) is 11.8. The summed E-state index contributed by atoms with van der Waals surface area (Å²) in [6, 6.07) is 6.68. The molecule has 0 N–H and O–H groups in total. The molecule has 0 nitrogen and oxygen atoms in total. The second kappa shape index (κ2) is 11.3. The predicted molar refractivity (Wildman–Crippen MR) is 129 cm³/mol. The molecule has 186 valence electrons. The molecule has 0 amide bonds. The van der Waals surface area contributed by atoms with Gasteiger partial charge >= 0.3 is 0 Å². The van der Waals surface area contributed by atoms with Gasteiger partial charge in [0.2, 0.25) is 0 Å². The molecule has 3 aromatic carbocycles. The zero-order chi connectivity index (χ0) is 25.3. The quantitative estimate of drug-likeness (QED) is 0.196. The number of hydrogen-bond acceptors (Lipinski definition) is 4. The summed E-state index contributed by atoms with van der Waals surface area (Å²) in [6.07, 6.45) is 0.192. The molecule has 0 aliphatic carbocycles. The minimum Gasteiger partial charge on any atom is -0.205 e. The first-order valence-corrected chi connectivity index (χ1v) is 14.3. The molecule has 0 saturated heterocycles. The third kappa shape index (κ3) is 5.47. The van der Waals surface area contributed by atoms with Gasteiger partial charge in [0, 0.05) is 17.1 Å². The van der Waals surface area contributed by atoms with Crippen LogP contribution in [0.25, 0.3) is 0 Å². The number of halogens is 7. The first kappa shape index (κ1) is 26.6. The summed E-state index contributed by atoms with van der Waals surface area (Å²) in [5.74, 6) is -8.75. The van der Waals surface area contributed by atoms with Crippen molar-refractivity contribution in [3.63, 3.8) is 0 Å². The van der Waals surface area contributed by atoms with Gasteiger partial charge in [-0.2, -0.15) is 0 Å². The first-order chi connectivity index (χ1) is 16.7. The van der Waals surface area contributed by atoms with Gasteiger partial charge in [-0.05, 0) is 36.0 Å². The standard InChI is InChI=1S/C24H17F7S4/c1-11-14(25)22-16(27)15(26)21(11)34-9-12-3-5-13(6-4-12)10-35-24-19(30)17(28)23(18(29)20(24)31)33-8-2-7-32-22/h3-6H,2,7-10H2,1H3. The number of rotatable bonds is 0. The Bertz CT molecular complexity index is 1110. The minimum atomic E-state index is -1.48. The fourth-order valence-electron chi connectivity index (χ4n) is 3.32. The van der Waals surface area contributed by atoms with Crippen molar-refractivity contribution in [3.05, 3.63) is 81.7 Å². The maximum absolute atomic E-state index is 14.9. The van der Waals surface area contributed by atoms with Crippen molar-refractivity contribution in [1.29, 1.82) is 0 Å². The van der Waals surface area contributed by atoms with Crippen LogP contribution in [0.15, 0.2) is 43.8 Å². The van der Waals surface area contributed by atoms with Gasteiger partial charge in [0.1, 0.15) is 5.82 Å². The van der Waals surface area contributed by atoms with E-state index in [1.165, 1.54) is 6.92 Å². The van der Waals surface area contributed by atoms with E-state index in [4.69, 9.17) is 0 Å². The van der Waals surface area contributed by atoms with Gasteiger partial charge in [0.15, 0.2) is 34.9 Å². The normalized spacial score (nSPS) is 15.0. The lowest BCUT2D eigenvalue weighted by atomic mass is 10.2. The molecular weight excluding hydrogens is 550 g/mol. The van der Waals surface area contributed by atoms with E-state index in [0.717, 1.165) is 29.1 Å². The van der Waals surface area contributed by atoms with E-state index in [9.17, 15) is 30.7 Å². The van der Waals surface area contributed by atoms with Crippen molar-refractivity contribution >= 4 is 47.0 Å². The fraction of sp³-hybridized carbons (Fsp3) is 0.250. The molecule has 11 heteroatoms. The zero-order valence-corrected chi connectivity index (χ0v) is 21.4. The Kier molecular flexibility index (Phi) is 8.61. The van der Waals surface area contributed by atoms with Gasteiger partial charge in [-0.15, -0.1) is 47.0 Å². The summed E-state index contributed by atoms with van der Waals surface area (Å²) in [5, 5.41) is 0. The summed E-state index contributed by atoms with van der Waals surface area (Å²) in [7, 11) is 0. The highest BCUT2D eigenvalue weighted by Crippen LogP contribution is 2.40. The molecular formula is C24H17F7S4. The van der Waals surface area contributed by atoms with Crippen LogP contribution < -0.4 is 0 Å². The van der Waals surface area contributed by atoms with Crippen LogP contribution in [0.4, 0.5) is 30.7 Å². The summed E-state index contributed by atoms with van der Waals surface area (Å²) in [5.41, 5.74) is 1.36. The van der Waals surface area contributed by atoms with E-state index in [1.54, 1.807) is 24.3 Å². The van der Waals surface area contributed by atoms with Crippen LogP contribution >= 0.6 is 47.0 Å². The summed E-state index contributed by atoms with van der Waals surface area (Å²) in [6.45, 7) is 1.38. The Morgan fingerprint density at radius 1 is 0.486 bits per heavy atom. The smallest absolute Gasteiger partial charge is 0.176 e. The molecule has 5 heterocycles. The topological polar surface area (TPSA) is 0 Å². The lowest BCUT2D eigenvalue weighted by molar-refractivity contribution is 0.401. The van der Waals surface area contributed by atoms with Gasteiger partial charge < -0.3 is 0 Å². The Morgan fingerprint density at radius 3 is 1.29 bits per heavy atom. The van der Waals surface area contributed by atoms with Gasteiger partial charge in [-0.25, -0.2) is 30.7 Å². The van der Waals surface area contributed by atoms with Crippen LogP contribution in [0.1, 0.15) is 23.1 Å². The van der Waals surface area contributed by atoms with Crippen LogP contribution in [0.3, 0.4) is 0 Å². The molecule has 0 radical (unpaired) electrons. The fourth-order valence-corrected chi connectivity index (χ4v) is 7.38. The highest BCUT2D eigenvalue weighted by atomic mass is 32.2. The van der Waals surface area contributed by atoms with Crippen molar-refractivity contribution < 1.29 is 30.7 Å². The van der Waals surface area contributed by atoms with Crippen molar-refractivity contribution in [2.24, 2.45) is 0 Å². The first-order valence-electron chi connectivity index (χ1n) is 10.3. The summed E-state index contributed by atoms with van der Waals surface area (Å²) >= 11 is 2.92. The van der Waals surface area contributed by atoms with E-state index >= 15 is 0 Å². The largest absolute Gasteiger partial charge is 0.205 e. The lowest BCUT2D eigenvalue weighted by Crippen LogP contribution is -2.03. The molecule has 0 spiro atoms. The van der Waals surface area contributed by atoms with E-state index in [0.29, 0.717) is 29.1 Å². The minimum absolute atomic E-state index is 0.000341. The molecule has 35 heavy (non-hydrogen) atoms. The third-order valence-electron chi connectivity index (χ3n) is 5.21. The number of fused-ring (bicyclic) bond motifs is 1. The van der Waals surface area contributed by atoms with E-state index in [-0.39, 0.29) is 39.9 Å². The van der Waals surface area contributed by atoms with Crippen LogP contribution in [-0.4, -0.2) is 11.5 Å². The van der Waals surface area contributed by atoms with Gasteiger partial charge in [0.25, 0.3) is 0 Å². The van der Waals surface area contributed by atoms with Crippen molar-refractivity contribution in [1.82, 2.24) is 0 Å². The van der Waals surface area contributed by atoms with Crippen LogP contribution in [0, 0.1) is 47.6 Å². The molecule has 0 saturated carbocycles. The molecule has 0 atom stereocenters. The monoisotopic (exact) mass is 566 g/mol. The highest BCUT2D eigenvalue weighted by Gasteiger charge is 2.27. The van der Waals surface area contributed by atoms with Crippen molar-refractivity contribution in [2.75, 3.05) is 11.5 Å². The average Bonchev–Trinajstić information content (AvgIpc) is 2.85. The number of thioether (sulfide) groups is 4. The Hall–Kier alpha value is -1.43. The Labute approximate surface area is 214 Å². The Morgan fingerprint density at radius 2 is 0.829 bits per heavy atom. The average molecular weight is 567 g/mol. The molecule has 5 aliphatic rings. The van der Waals surface area contributed by atoms with E-state index < -0.39 is 55.4 Å². The summed E-state index contributed by atoms with van der Waals surface area (Å²) in [4.78, 5) is -2.10. The van der Waals surface area contributed by atoms with Gasteiger partial charge in [-0.3, -0.25) is 0 Å². The molecule has 0 unspecified atom stereocenters. The van der Waals surface area contributed by atoms with Gasteiger partial charge in [-0.1, -0.05) is 24.3 Å². The predicted octanol–water partition coefficient (Wildman–Crippen LogP) is 9.14. The maximum atomic E-state index is 14.9. The molecule has 3 aromatic rings. The third-order valence-corrected chi connectivity index (χ3v) is 9.87. The Balaban J connectivity index is 1.71. The van der Waals surface area contributed by atoms with Gasteiger partial charge in [0.05, 0.1) is 19.6 Å². The lowest BCUT2D eigenvalue weighted by Gasteiger charge is -2.14. The van der Waals surface area contributed by atoms with Crippen LogP contribution in [0.5, 0.6) is 0 Å². The number of hydrogen-bond donors (Lipinski definition) is 0. The maximum Gasteiger partial charge on any atom is 0.176 e. The van der Waals surface area contributed by atoms with Crippen LogP contribution in [0.2, 0.25) is 0 Å². The number of benzene rings is 3. The molecule has 6 bridgehead atoms. The van der Waals surface area contributed by atoms with Crippen LogP contribution in [-0.2, 0) is 11.5 Å². The SMILES string of the molecule is Cc1c(F)c2c(F)c(F)c1SCc1ccc(cc1)CSc1c(F)c(F)c(c(F)c1F)SCCCS2. The highest BCUT2D eigenvalue weighted by molar-refractivity contribution is 8.00. The summed E-state index contributed by atoms with van der Waals surface area (Å²) < 4.78 is 102. The molecule has 5 aliphatic heterocycles. The van der Waals surface area contributed by atoms with E-state index in [1.807, 2.05) is 0 Å². The zero-order valence-electron chi connectivity index (χ0n) is 18.1. The molecule has 0 fully saturated rings.